The maximum Gasteiger partial charge on any atom is 0.416 e. The molecule has 3 aromatic rings. The van der Waals surface area contributed by atoms with Crippen LogP contribution in [0.1, 0.15) is 43.2 Å². The Balaban J connectivity index is 1.27. The van der Waals surface area contributed by atoms with Crippen molar-refractivity contribution in [2.45, 2.75) is 49.4 Å². The lowest BCUT2D eigenvalue weighted by atomic mass is 9.69. The van der Waals surface area contributed by atoms with Crippen LogP contribution in [-0.2, 0) is 12.1 Å². The van der Waals surface area contributed by atoms with E-state index in [1.54, 1.807) is 41.6 Å². The summed E-state index contributed by atoms with van der Waals surface area (Å²) in [5.74, 6) is 1.08. The lowest BCUT2D eigenvalue weighted by Gasteiger charge is -2.52. The van der Waals surface area contributed by atoms with Gasteiger partial charge < -0.3 is 14.2 Å². The van der Waals surface area contributed by atoms with E-state index in [4.69, 9.17) is 9.47 Å². The van der Waals surface area contributed by atoms with Crippen molar-refractivity contribution >= 4 is 23.9 Å². The number of carbonyl (C=O) groups excluding carboxylic acids is 1. The lowest BCUT2D eigenvalue weighted by molar-refractivity contribution is 0.00112. The molecular formula is C24H22FN5O3S. The van der Waals surface area contributed by atoms with E-state index in [2.05, 4.69) is 19.9 Å². The fourth-order valence-corrected chi connectivity index (χ4v) is 5.20. The highest BCUT2D eigenvalue weighted by molar-refractivity contribution is 8.01. The zero-order chi connectivity index (χ0) is 23.1. The number of fused-ring (bicyclic) bond motifs is 2. The predicted octanol–water partition coefficient (Wildman–Crippen LogP) is 5.42. The lowest BCUT2D eigenvalue weighted by Crippen LogP contribution is -2.57. The largest absolute Gasteiger partial charge is 0.437 e. The van der Waals surface area contributed by atoms with E-state index in [-0.39, 0.29) is 12.4 Å². The molecule has 2 aliphatic carbocycles. The summed E-state index contributed by atoms with van der Waals surface area (Å²) in [4.78, 5) is 18.9. The Hall–Kier alpha value is -3.40. The summed E-state index contributed by atoms with van der Waals surface area (Å²) >= 11 is 1.49. The standard InChI is InChI=1S/C24H22FN5O3S/c25-21-15(8-12-26-22(21)29-34-17-5-6-17)14-30-23(31)33-19-13-16(32-20-3-1-11-27-28-20)4-7-18(19)24(30)9-2-10-24/h1,3-4,7-8,11-13,17H,2,5-6,9-10,14H2,(H,26,29). The number of rotatable bonds is 7. The number of carbonyl (C=O) groups is 1. The number of benzene rings is 1. The van der Waals surface area contributed by atoms with Crippen LogP contribution in [0, 0.1) is 5.82 Å². The third kappa shape index (κ3) is 3.81. The number of nitrogens with zero attached hydrogens (tertiary/aromatic N) is 4. The summed E-state index contributed by atoms with van der Waals surface area (Å²) in [6, 6.07) is 10.5. The van der Waals surface area contributed by atoms with Crippen LogP contribution in [0.25, 0.3) is 0 Å². The number of aromatic nitrogens is 3. The van der Waals surface area contributed by atoms with Gasteiger partial charge in [0.1, 0.15) is 11.5 Å². The molecule has 0 radical (unpaired) electrons. The Kier molecular flexibility index (Phi) is 5.24. The van der Waals surface area contributed by atoms with Gasteiger partial charge in [0.25, 0.3) is 0 Å². The first kappa shape index (κ1) is 21.2. The van der Waals surface area contributed by atoms with Crippen molar-refractivity contribution in [3.8, 4) is 17.4 Å². The summed E-state index contributed by atoms with van der Waals surface area (Å²) in [5.41, 5.74) is 0.784. The molecule has 10 heteroatoms. The Morgan fingerprint density at radius 3 is 2.85 bits per heavy atom. The van der Waals surface area contributed by atoms with Gasteiger partial charge in [0.2, 0.25) is 5.88 Å². The van der Waals surface area contributed by atoms with E-state index >= 15 is 4.39 Å². The smallest absolute Gasteiger partial charge is 0.416 e. The van der Waals surface area contributed by atoms with Crippen molar-refractivity contribution in [1.29, 1.82) is 0 Å². The Labute approximate surface area is 200 Å². The van der Waals surface area contributed by atoms with Crippen molar-refractivity contribution in [3.05, 3.63) is 65.7 Å². The minimum atomic E-state index is -0.526. The molecule has 1 N–H and O–H groups in total. The Morgan fingerprint density at radius 2 is 2.12 bits per heavy atom. The van der Waals surface area contributed by atoms with E-state index in [1.807, 2.05) is 12.1 Å². The van der Waals surface area contributed by atoms with Gasteiger partial charge in [0, 0.05) is 40.9 Å². The molecule has 1 aromatic carbocycles. The van der Waals surface area contributed by atoms with Crippen molar-refractivity contribution in [2.75, 3.05) is 4.72 Å². The van der Waals surface area contributed by atoms with Crippen LogP contribution in [0.4, 0.5) is 15.0 Å². The van der Waals surface area contributed by atoms with Crippen LogP contribution in [0.2, 0.25) is 0 Å². The average Bonchev–Trinajstić information content (AvgIpc) is 3.64. The van der Waals surface area contributed by atoms with E-state index in [1.165, 1.54) is 11.9 Å². The summed E-state index contributed by atoms with van der Waals surface area (Å²) in [7, 11) is 0. The second kappa shape index (κ2) is 8.43. The molecule has 0 atom stereocenters. The SMILES string of the molecule is O=C1Oc2cc(Oc3cccnn3)ccc2C2(CCC2)N1Cc1ccnc(NSC2CC2)c1F. The maximum absolute atomic E-state index is 15.2. The average molecular weight is 480 g/mol. The molecule has 34 heavy (non-hydrogen) atoms. The van der Waals surface area contributed by atoms with Gasteiger partial charge in [0.15, 0.2) is 11.6 Å². The number of halogens is 1. The first-order valence-corrected chi connectivity index (χ1v) is 12.1. The molecule has 6 rings (SSSR count). The van der Waals surface area contributed by atoms with Crippen molar-refractivity contribution in [3.63, 3.8) is 0 Å². The molecule has 3 aliphatic rings. The maximum atomic E-state index is 15.2. The fourth-order valence-electron chi connectivity index (χ4n) is 4.41. The van der Waals surface area contributed by atoms with E-state index in [0.717, 1.165) is 37.7 Å². The topological polar surface area (TPSA) is 89.5 Å². The number of hydrogen-bond donors (Lipinski definition) is 1. The van der Waals surface area contributed by atoms with Crippen LogP contribution in [0.3, 0.4) is 0 Å². The van der Waals surface area contributed by atoms with Crippen LogP contribution in [0.15, 0.2) is 48.8 Å². The first-order valence-electron chi connectivity index (χ1n) is 11.3. The number of nitrogens with one attached hydrogen (secondary N) is 1. The molecular weight excluding hydrogens is 457 g/mol. The van der Waals surface area contributed by atoms with Crippen molar-refractivity contribution in [1.82, 2.24) is 20.1 Å². The zero-order valence-electron chi connectivity index (χ0n) is 18.2. The Bertz CT molecular complexity index is 1240. The number of anilines is 1. The summed E-state index contributed by atoms with van der Waals surface area (Å²) in [6.07, 6.45) is 7.45. The minimum Gasteiger partial charge on any atom is -0.437 e. The number of amides is 1. The summed E-state index contributed by atoms with van der Waals surface area (Å²) in [5, 5.41) is 8.24. The molecule has 8 nitrogen and oxygen atoms in total. The molecule has 2 saturated carbocycles. The molecule has 174 valence electrons. The highest BCUT2D eigenvalue weighted by Crippen LogP contribution is 2.53. The normalized spacial score (nSPS) is 18.1. The van der Waals surface area contributed by atoms with Gasteiger partial charge in [-0.2, -0.15) is 5.10 Å². The molecule has 1 amide bonds. The molecule has 2 aromatic heterocycles. The predicted molar refractivity (Wildman–Crippen MR) is 124 cm³/mol. The van der Waals surface area contributed by atoms with Gasteiger partial charge in [-0.3, -0.25) is 4.90 Å². The molecule has 0 saturated heterocycles. The highest BCUT2D eigenvalue weighted by atomic mass is 32.2. The van der Waals surface area contributed by atoms with Crippen LogP contribution >= 0.6 is 11.9 Å². The summed E-state index contributed by atoms with van der Waals surface area (Å²) < 4.78 is 29.7. The second-order valence-corrected chi connectivity index (χ2v) is 9.82. The Morgan fingerprint density at radius 1 is 1.24 bits per heavy atom. The van der Waals surface area contributed by atoms with Crippen LogP contribution < -0.4 is 14.2 Å². The monoisotopic (exact) mass is 479 g/mol. The number of hydrogen-bond acceptors (Lipinski definition) is 8. The third-order valence-corrected chi connectivity index (χ3v) is 7.60. The van der Waals surface area contributed by atoms with Crippen LogP contribution in [-0.4, -0.2) is 31.4 Å². The van der Waals surface area contributed by atoms with E-state index < -0.39 is 17.4 Å². The van der Waals surface area contributed by atoms with Gasteiger partial charge >= 0.3 is 6.09 Å². The molecule has 2 fully saturated rings. The number of pyridine rings is 1. The minimum absolute atomic E-state index is 0.104. The van der Waals surface area contributed by atoms with Crippen molar-refractivity contribution in [2.24, 2.45) is 0 Å². The van der Waals surface area contributed by atoms with Crippen molar-refractivity contribution < 1.29 is 18.7 Å². The highest BCUT2D eigenvalue weighted by Gasteiger charge is 2.51. The van der Waals surface area contributed by atoms with Gasteiger partial charge in [-0.15, -0.1) is 5.10 Å². The third-order valence-electron chi connectivity index (χ3n) is 6.48. The van der Waals surface area contributed by atoms with Gasteiger partial charge in [0.05, 0.1) is 12.1 Å². The van der Waals surface area contributed by atoms with Gasteiger partial charge in [-0.25, -0.2) is 14.2 Å². The first-order chi connectivity index (χ1) is 16.6. The molecule has 3 heterocycles. The number of ether oxygens (including phenoxy) is 2. The zero-order valence-corrected chi connectivity index (χ0v) is 19.1. The molecule has 0 unspecified atom stereocenters. The van der Waals surface area contributed by atoms with Crippen LogP contribution in [0.5, 0.6) is 17.4 Å². The van der Waals surface area contributed by atoms with E-state index in [9.17, 15) is 4.79 Å². The van der Waals surface area contributed by atoms with E-state index in [0.29, 0.717) is 28.2 Å². The molecule has 0 bridgehead atoms. The van der Waals surface area contributed by atoms with Gasteiger partial charge in [-0.1, -0.05) is 0 Å². The second-order valence-electron chi connectivity index (χ2n) is 8.71. The van der Waals surface area contributed by atoms with Gasteiger partial charge in [-0.05, 0) is 68.3 Å². The molecule has 1 aliphatic heterocycles. The molecule has 1 spiro atoms. The summed E-state index contributed by atoms with van der Waals surface area (Å²) in [6.45, 7) is 0.104. The quantitative estimate of drug-likeness (QED) is 0.450. The fraction of sp³-hybridized carbons (Fsp3) is 0.333.